The van der Waals surface area contributed by atoms with Gasteiger partial charge in [0.1, 0.15) is 12.2 Å². The van der Waals surface area contributed by atoms with Gasteiger partial charge in [-0.25, -0.2) is 4.68 Å². The van der Waals surface area contributed by atoms with Gasteiger partial charge >= 0.3 is 0 Å². The number of carbonyl (C=O) groups excluding carboxylic acids is 1. The molecular weight excluding hydrogens is 268 g/mol. The highest BCUT2D eigenvalue weighted by Gasteiger charge is 2.12. The molecule has 112 valence electrons. The van der Waals surface area contributed by atoms with Gasteiger partial charge in [-0.1, -0.05) is 49.4 Å². The quantitative estimate of drug-likeness (QED) is 0.833. The number of aliphatic hydroxyl groups is 1. The minimum Gasteiger partial charge on any atom is -0.391 e. The first kappa shape index (κ1) is 15.2. The summed E-state index contributed by atoms with van der Waals surface area (Å²) in [6, 6.07) is 9.66. The molecule has 0 fully saturated rings. The second-order valence-corrected chi connectivity index (χ2v) is 5.28. The summed E-state index contributed by atoms with van der Waals surface area (Å²) in [6.45, 7) is 4.14. The Morgan fingerprint density at radius 3 is 2.71 bits per heavy atom. The molecule has 0 spiro atoms. The Hall–Kier alpha value is -2.21. The van der Waals surface area contributed by atoms with Gasteiger partial charge in [0.25, 0.3) is 0 Å². The summed E-state index contributed by atoms with van der Waals surface area (Å²) in [5.41, 5.74) is 1.69. The van der Waals surface area contributed by atoms with Crippen molar-refractivity contribution in [2.45, 2.75) is 26.5 Å². The number of hydrogen-bond acceptors (Lipinski definition) is 4. The number of nitrogens with zero attached hydrogens (tertiary/aromatic N) is 3. The van der Waals surface area contributed by atoms with Crippen LogP contribution in [0.1, 0.15) is 13.8 Å². The Balaban J connectivity index is 1.89. The fourth-order valence-corrected chi connectivity index (χ4v) is 1.77. The Bertz CT molecular complexity index is 580. The lowest BCUT2D eigenvalue weighted by Crippen LogP contribution is -2.36. The number of benzene rings is 1. The molecule has 0 saturated heterocycles. The van der Waals surface area contributed by atoms with Crippen molar-refractivity contribution in [2.75, 3.05) is 6.54 Å². The molecule has 1 heterocycles. The Kier molecular flexibility index (Phi) is 5.05. The third kappa shape index (κ3) is 4.39. The van der Waals surface area contributed by atoms with Crippen molar-refractivity contribution in [3.63, 3.8) is 0 Å². The van der Waals surface area contributed by atoms with Gasteiger partial charge in [-0.2, -0.15) is 0 Å². The van der Waals surface area contributed by atoms with E-state index in [4.69, 9.17) is 0 Å². The minimum atomic E-state index is -0.537. The number of amides is 1. The molecule has 0 saturated carbocycles. The fourth-order valence-electron chi connectivity index (χ4n) is 1.77. The second kappa shape index (κ2) is 6.99. The number of nitrogens with one attached hydrogen (secondary N) is 1. The van der Waals surface area contributed by atoms with Crippen LogP contribution in [0.5, 0.6) is 0 Å². The lowest BCUT2D eigenvalue weighted by molar-refractivity contribution is -0.122. The molecule has 2 aromatic rings. The fraction of sp³-hybridized carbons (Fsp3) is 0.400. The number of rotatable bonds is 6. The van der Waals surface area contributed by atoms with Crippen LogP contribution in [-0.2, 0) is 11.3 Å². The highest BCUT2D eigenvalue weighted by Crippen LogP contribution is 2.14. The zero-order valence-electron chi connectivity index (χ0n) is 12.2. The van der Waals surface area contributed by atoms with E-state index in [1.165, 1.54) is 4.68 Å². The number of carbonyl (C=O) groups is 1. The molecule has 21 heavy (non-hydrogen) atoms. The average molecular weight is 288 g/mol. The van der Waals surface area contributed by atoms with Crippen LogP contribution in [0.15, 0.2) is 36.5 Å². The van der Waals surface area contributed by atoms with Crippen molar-refractivity contribution in [1.82, 2.24) is 20.3 Å². The number of hydrogen-bond donors (Lipinski definition) is 2. The van der Waals surface area contributed by atoms with E-state index >= 15 is 0 Å². The molecule has 0 aliphatic rings. The zero-order valence-corrected chi connectivity index (χ0v) is 12.2. The van der Waals surface area contributed by atoms with Gasteiger partial charge in [0.05, 0.1) is 12.3 Å². The van der Waals surface area contributed by atoms with Crippen molar-refractivity contribution in [2.24, 2.45) is 5.92 Å². The Morgan fingerprint density at radius 2 is 2.05 bits per heavy atom. The van der Waals surface area contributed by atoms with Gasteiger partial charge < -0.3 is 10.4 Å². The summed E-state index contributed by atoms with van der Waals surface area (Å²) < 4.78 is 1.49. The SMILES string of the molecule is CC(C)C(O)CNC(=O)Cn1cc(-c2ccccc2)nn1. The van der Waals surface area contributed by atoms with E-state index in [-0.39, 0.29) is 24.9 Å². The van der Waals surface area contributed by atoms with Gasteiger partial charge in [-0.15, -0.1) is 5.10 Å². The highest BCUT2D eigenvalue weighted by atomic mass is 16.3. The van der Waals surface area contributed by atoms with E-state index in [0.29, 0.717) is 0 Å². The van der Waals surface area contributed by atoms with E-state index in [1.54, 1.807) is 6.20 Å². The molecule has 0 aliphatic carbocycles. The molecule has 0 bridgehead atoms. The molecule has 6 heteroatoms. The minimum absolute atomic E-state index is 0.0879. The summed E-state index contributed by atoms with van der Waals surface area (Å²) in [5, 5.41) is 20.3. The Morgan fingerprint density at radius 1 is 1.33 bits per heavy atom. The average Bonchev–Trinajstić information content (AvgIpc) is 2.94. The normalized spacial score (nSPS) is 12.4. The summed E-state index contributed by atoms with van der Waals surface area (Å²) >= 11 is 0. The standard InChI is InChI=1S/C15H20N4O2/c1-11(2)14(20)8-16-15(21)10-19-9-13(17-18-19)12-6-4-3-5-7-12/h3-7,9,11,14,20H,8,10H2,1-2H3,(H,16,21). The summed E-state index contributed by atoms with van der Waals surface area (Å²) in [7, 11) is 0. The van der Waals surface area contributed by atoms with Gasteiger partial charge in [0.2, 0.25) is 5.91 Å². The first-order valence-electron chi connectivity index (χ1n) is 6.96. The lowest BCUT2D eigenvalue weighted by Gasteiger charge is -2.14. The van der Waals surface area contributed by atoms with Crippen LogP contribution < -0.4 is 5.32 Å². The predicted octanol–water partition coefficient (Wildman–Crippen LogP) is 1.08. The highest BCUT2D eigenvalue weighted by molar-refractivity contribution is 5.75. The van der Waals surface area contributed by atoms with Crippen LogP contribution >= 0.6 is 0 Å². The van der Waals surface area contributed by atoms with Crippen LogP contribution in [-0.4, -0.2) is 38.7 Å². The molecule has 0 radical (unpaired) electrons. The second-order valence-electron chi connectivity index (χ2n) is 5.28. The zero-order chi connectivity index (χ0) is 15.2. The number of aliphatic hydroxyl groups excluding tert-OH is 1. The molecule has 1 aromatic heterocycles. The monoisotopic (exact) mass is 288 g/mol. The van der Waals surface area contributed by atoms with Gasteiger partial charge in [0.15, 0.2) is 0 Å². The third-order valence-electron chi connectivity index (χ3n) is 3.19. The first-order chi connectivity index (χ1) is 10.1. The van der Waals surface area contributed by atoms with E-state index < -0.39 is 6.10 Å². The molecule has 1 aromatic carbocycles. The van der Waals surface area contributed by atoms with Crippen LogP contribution in [0.2, 0.25) is 0 Å². The lowest BCUT2D eigenvalue weighted by atomic mass is 10.1. The smallest absolute Gasteiger partial charge is 0.241 e. The van der Waals surface area contributed by atoms with E-state index in [1.807, 2.05) is 44.2 Å². The van der Waals surface area contributed by atoms with Crippen molar-refractivity contribution in [1.29, 1.82) is 0 Å². The maximum atomic E-state index is 11.8. The van der Waals surface area contributed by atoms with Gasteiger partial charge in [-0.05, 0) is 5.92 Å². The molecule has 2 N–H and O–H groups in total. The van der Waals surface area contributed by atoms with Crippen LogP contribution in [0.4, 0.5) is 0 Å². The van der Waals surface area contributed by atoms with E-state index in [2.05, 4.69) is 15.6 Å². The van der Waals surface area contributed by atoms with Crippen molar-refractivity contribution >= 4 is 5.91 Å². The van der Waals surface area contributed by atoms with E-state index in [9.17, 15) is 9.90 Å². The summed E-state index contributed by atoms with van der Waals surface area (Å²) in [4.78, 5) is 11.8. The largest absolute Gasteiger partial charge is 0.391 e. The molecular formula is C15H20N4O2. The topological polar surface area (TPSA) is 80.0 Å². The van der Waals surface area contributed by atoms with Gasteiger partial charge in [0, 0.05) is 12.1 Å². The van der Waals surface area contributed by atoms with E-state index in [0.717, 1.165) is 11.3 Å². The summed E-state index contributed by atoms with van der Waals surface area (Å²) in [6.07, 6.45) is 1.19. The molecule has 1 amide bonds. The number of aromatic nitrogens is 3. The van der Waals surface area contributed by atoms with Gasteiger partial charge in [-0.3, -0.25) is 4.79 Å². The van der Waals surface area contributed by atoms with Crippen molar-refractivity contribution in [3.8, 4) is 11.3 Å². The molecule has 2 rings (SSSR count). The van der Waals surface area contributed by atoms with Crippen molar-refractivity contribution < 1.29 is 9.90 Å². The van der Waals surface area contributed by atoms with Crippen LogP contribution in [0.3, 0.4) is 0 Å². The molecule has 1 atom stereocenters. The molecule has 0 aliphatic heterocycles. The first-order valence-corrected chi connectivity index (χ1v) is 6.96. The van der Waals surface area contributed by atoms with Crippen LogP contribution in [0.25, 0.3) is 11.3 Å². The molecule has 6 nitrogen and oxygen atoms in total. The maximum Gasteiger partial charge on any atom is 0.241 e. The predicted molar refractivity (Wildman–Crippen MR) is 79.3 cm³/mol. The maximum absolute atomic E-state index is 11.8. The third-order valence-corrected chi connectivity index (χ3v) is 3.19. The van der Waals surface area contributed by atoms with Crippen molar-refractivity contribution in [3.05, 3.63) is 36.5 Å². The Labute approximate surface area is 123 Å². The summed E-state index contributed by atoms with van der Waals surface area (Å²) in [5.74, 6) is -0.0828. The van der Waals surface area contributed by atoms with Crippen LogP contribution in [0, 0.1) is 5.92 Å². The molecule has 1 unspecified atom stereocenters.